The van der Waals surface area contributed by atoms with Crippen LogP contribution in [0.25, 0.3) is 0 Å². The van der Waals surface area contributed by atoms with Crippen LogP contribution in [0.2, 0.25) is 0 Å². The van der Waals surface area contributed by atoms with Crippen LogP contribution in [0.3, 0.4) is 0 Å². The Morgan fingerprint density at radius 3 is 2.22 bits per heavy atom. The molecule has 4 aliphatic rings. The van der Waals surface area contributed by atoms with Crippen LogP contribution in [-0.4, -0.2) is 6.04 Å². The maximum Gasteiger partial charge on any atom is 0.307 e. The van der Waals surface area contributed by atoms with E-state index in [2.05, 4.69) is 33.4 Å². The van der Waals surface area contributed by atoms with Crippen molar-refractivity contribution in [3.05, 3.63) is 23.8 Å². The summed E-state index contributed by atoms with van der Waals surface area (Å²) in [7, 11) is 0. The third-order valence-corrected chi connectivity index (χ3v) is 6.67. The number of carbonyl (C=O) groups excluding carboxylic acids is 1. The fourth-order valence-corrected chi connectivity index (χ4v) is 4.80. The van der Waals surface area contributed by atoms with Gasteiger partial charge in [0.05, 0.1) is 5.41 Å². The van der Waals surface area contributed by atoms with Gasteiger partial charge in [0.1, 0.15) is 0 Å². The van der Waals surface area contributed by atoms with E-state index in [-0.39, 0.29) is 5.41 Å². The van der Waals surface area contributed by atoms with E-state index in [1.54, 1.807) is 5.57 Å². The van der Waals surface area contributed by atoms with Crippen molar-refractivity contribution in [2.24, 2.45) is 22.7 Å². The Labute approximate surface area is 141 Å². The smallest absolute Gasteiger partial charge is 0.261 e. The Kier molecular flexibility index (Phi) is 5.53. The van der Waals surface area contributed by atoms with Crippen molar-refractivity contribution in [2.75, 3.05) is 0 Å². The normalized spacial score (nSPS) is 39.1. The number of carbonyl (C=O) groups is 1. The molecule has 0 aromatic heterocycles. The summed E-state index contributed by atoms with van der Waals surface area (Å²) in [5, 5.41) is 0. The van der Waals surface area contributed by atoms with Gasteiger partial charge in [0.2, 0.25) is 0 Å². The van der Waals surface area contributed by atoms with Crippen LogP contribution in [0.4, 0.5) is 4.39 Å². The molecule has 2 atom stereocenters. The molecule has 2 unspecified atom stereocenters. The molecule has 4 rings (SSSR count). The van der Waals surface area contributed by atoms with Crippen LogP contribution in [0.15, 0.2) is 23.8 Å². The fraction of sp³-hybridized carbons (Fsp3) is 0.762. The van der Waals surface area contributed by atoms with E-state index in [4.69, 9.17) is 0 Å². The van der Waals surface area contributed by atoms with Gasteiger partial charge in [-0.05, 0) is 89.4 Å². The van der Waals surface area contributed by atoms with Gasteiger partial charge in [-0.3, -0.25) is 4.79 Å². The van der Waals surface area contributed by atoms with Crippen LogP contribution < -0.4 is 0 Å². The Bertz CT molecular complexity index is 496. The van der Waals surface area contributed by atoms with Crippen LogP contribution >= 0.6 is 0 Å². The van der Waals surface area contributed by atoms with Crippen molar-refractivity contribution in [2.45, 2.75) is 79.1 Å². The van der Waals surface area contributed by atoms with Crippen LogP contribution in [-0.2, 0) is 4.79 Å². The minimum absolute atomic E-state index is 0.241. The van der Waals surface area contributed by atoms with E-state index >= 15 is 0 Å². The highest BCUT2D eigenvalue weighted by molar-refractivity contribution is 5.76. The minimum atomic E-state index is -1.08. The molecule has 3 saturated carbocycles. The van der Waals surface area contributed by atoms with Gasteiger partial charge in [-0.2, -0.15) is 4.39 Å². The zero-order valence-electron chi connectivity index (χ0n) is 15.4. The summed E-state index contributed by atoms with van der Waals surface area (Å²) in [6, 6.07) is -1.08. The standard InChI is InChI=1S/C11H17FO.C10H16/c1-10-5-3-8(4-6-10)11(2,7-10)9(12)13;1-8(2)10-6-4-9(3)5-7-10/h8H,3-7H2,1-2H3;4,10H,1,5-7H2,2-3H3. The SMILES string of the molecule is C=C(C)C1CC=C(C)CC1.CC12CCC(CC1)C(C)(C(=O)F)C2. The third-order valence-electron chi connectivity index (χ3n) is 6.67. The first kappa shape index (κ1) is 18.4. The Morgan fingerprint density at radius 2 is 1.87 bits per heavy atom. The molecule has 0 spiro atoms. The summed E-state index contributed by atoms with van der Waals surface area (Å²) < 4.78 is 13.0. The van der Waals surface area contributed by atoms with Crippen LogP contribution in [0.1, 0.15) is 79.1 Å². The molecule has 2 bridgehead atoms. The molecule has 130 valence electrons. The number of rotatable bonds is 2. The van der Waals surface area contributed by atoms with Gasteiger partial charge in [-0.1, -0.05) is 30.7 Å². The second-order valence-corrected chi connectivity index (χ2v) is 8.82. The molecular formula is C21H33FO. The first-order chi connectivity index (χ1) is 10.7. The lowest BCUT2D eigenvalue weighted by Gasteiger charge is -2.53. The predicted molar refractivity (Wildman–Crippen MR) is 94.8 cm³/mol. The lowest BCUT2D eigenvalue weighted by Crippen LogP contribution is -2.48. The molecule has 0 heterocycles. The molecule has 4 aliphatic carbocycles. The summed E-state index contributed by atoms with van der Waals surface area (Å²) >= 11 is 0. The van der Waals surface area contributed by atoms with Gasteiger partial charge in [-0.15, -0.1) is 0 Å². The third kappa shape index (κ3) is 4.14. The number of allylic oxidation sites excluding steroid dienone is 3. The Balaban J connectivity index is 0.000000174. The van der Waals surface area contributed by atoms with Gasteiger partial charge in [0.15, 0.2) is 0 Å². The second kappa shape index (κ2) is 6.91. The number of hydrogen-bond acceptors (Lipinski definition) is 1. The molecule has 0 radical (unpaired) electrons. The van der Waals surface area contributed by atoms with E-state index in [1.165, 1.54) is 37.7 Å². The average molecular weight is 320 g/mol. The maximum atomic E-state index is 13.0. The number of halogens is 1. The molecule has 0 N–H and O–H groups in total. The van der Waals surface area contributed by atoms with Crippen LogP contribution in [0, 0.1) is 22.7 Å². The number of fused-ring (bicyclic) bond motifs is 3. The van der Waals surface area contributed by atoms with Crippen molar-refractivity contribution in [3.63, 3.8) is 0 Å². The fourth-order valence-electron chi connectivity index (χ4n) is 4.80. The summed E-state index contributed by atoms with van der Waals surface area (Å²) in [5.41, 5.74) is 2.50. The monoisotopic (exact) mass is 320 g/mol. The van der Waals surface area contributed by atoms with Gasteiger partial charge in [0, 0.05) is 0 Å². The lowest BCUT2D eigenvalue weighted by atomic mass is 9.51. The summed E-state index contributed by atoms with van der Waals surface area (Å²) in [4.78, 5) is 11.0. The quantitative estimate of drug-likeness (QED) is 0.425. The van der Waals surface area contributed by atoms with E-state index < -0.39 is 11.5 Å². The van der Waals surface area contributed by atoms with Crippen molar-refractivity contribution >= 4 is 6.04 Å². The molecule has 1 nitrogen and oxygen atoms in total. The van der Waals surface area contributed by atoms with E-state index in [0.717, 1.165) is 25.2 Å². The van der Waals surface area contributed by atoms with Crippen molar-refractivity contribution in [1.29, 1.82) is 0 Å². The molecule has 0 saturated heterocycles. The van der Waals surface area contributed by atoms with Crippen molar-refractivity contribution in [3.8, 4) is 0 Å². The topological polar surface area (TPSA) is 17.1 Å². The van der Waals surface area contributed by atoms with Crippen molar-refractivity contribution < 1.29 is 9.18 Å². The molecule has 2 heteroatoms. The zero-order valence-corrected chi connectivity index (χ0v) is 15.4. The molecule has 3 fully saturated rings. The molecule has 23 heavy (non-hydrogen) atoms. The Morgan fingerprint density at radius 1 is 1.26 bits per heavy atom. The molecule has 0 aromatic carbocycles. The van der Waals surface area contributed by atoms with E-state index in [0.29, 0.717) is 5.92 Å². The predicted octanol–water partition coefficient (Wildman–Crippen LogP) is 6.40. The van der Waals surface area contributed by atoms with Crippen LogP contribution in [0.5, 0.6) is 0 Å². The highest BCUT2D eigenvalue weighted by atomic mass is 19.1. The summed E-state index contributed by atoms with van der Waals surface area (Å²) in [5.74, 6) is 1.08. The molecular weight excluding hydrogens is 287 g/mol. The van der Waals surface area contributed by atoms with Gasteiger partial charge < -0.3 is 0 Å². The van der Waals surface area contributed by atoms with Gasteiger partial charge >= 0.3 is 6.04 Å². The summed E-state index contributed by atoms with van der Waals surface area (Å²) in [6.07, 6.45) is 11.4. The highest BCUT2D eigenvalue weighted by Crippen LogP contribution is 2.58. The Hall–Kier alpha value is -0.920. The zero-order chi connectivity index (χ0) is 17.3. The van der Waals surface area contributed by atoms with E-state index in [9.17, 15) is 9.18 Å². The van der Waals surface area contributed by atoms with E-state index in [1.807, 2.05) is 6.92 Å². The maximum absolute atomic E-state index is 13.0. The first-order valence-electron chi connectivity index (χ1n) is 9.17. The molecule has 0 amide bonds. The lowest BCUT2D eigenvalue weighted by molar-refractivity contribution is -0.154. The summed E-state index contributed by atoms with van der Waals surface area (Å²) in [6.45, 7) is 12.3. The minimum Gasteiger partial charge on any atom is -0.261 e. The largest absolute Gasteiger partial charge is 0.307 e. The molecule has 0 aromatic rings. The van der Waals surface area contributed by atoms with Crippen molar-refractivity contribution in [1.82, 2.24) is 0 Å². The molecule has 0 aliphatic heterocycles. The second-order valence-electron chi connectivity index (χ2n) is 8.82. The number of hydrogen-bond donors (Lipinski definition) is 0. The average Bonchev–Trinajstić information content (AvgIpc) is 2.48. The first-order valence-corrected chi connectivity index (χ1v) is 9.17. The van der Waals surface area contributed by atoms with Gasteiger partial charge in [-0.25, -0.2) is 0 Å². The van der Waals surface area contributed by atoms with Gasteiger partial charge in [0.25, 0.3) is 0 Å². The highest BCUT2D eigenvalue weighted by Gasteiger charge is 2.53.